The third kappa shape index (κ3) is 7.83. The first-order valence-corrected chi connectivity index (χ1v) is 18.4. The Morgan fingerprint density at radius 3 is 2.62 bits per heavy atom. The molecule has 2 N–H and O–H groups in total. The molecule has 50 heavy (non-hydrogen) atoms. The maximum atomic E-state index is 15.8. The second kappa shape index (κ2) is 14.8. The molecule has 1 aliphatic heterocycles. The number of hydrogen-bond acceptors (Lipinski definition) is 6. The lowest BCUT2D eigenvalue weighted by atomic mass is 9.75. The van der Waals surface area contributed by atoms with E-state index < -0.39 is 39.7 Å². The van der Waals surface area contributed by atoms with E-state index in [1.807, 2.05) is 24.3 Å². The van der Waals surface area contributed by atoms with Crippen molar-refractivity contribution in [1.29, 1.82) is 0 Å². The van der Waals surface area contributed by atoms with Crippen LogP contribution < -0.4 is 10.1 Å². The second-order valence-corrected chi connectivity index (χ2v) is 15.8. The van der Waals surface area contributed by atoms with E-state index in [9.17, 15) is 14.1 Å². The predicted octanol–water partition coefficient (Wildman–Crippen LogP) is 8.31. The highest BCUT2D eigenvalue weighted by molar-refractivity contribution is 7.85. The molecule has 266 valence electrons. The lowest BCUT2D eigenvalue weighted by molar-refractivity contribution is -0.141. The number of aromatic nitrogens is 3. The van der Waals surface area contributed by atoms with Crippen LogP contribution in [0.15, 0.2) is 55.1 Å². The molecular formula is C39H46F2N4O4S. The van der Waals surface area contributed by atoms with Crippen LogP contribution in [0.4, 0.5) is 14.5 Å². The summed E-state index contributed by atoms with van der Waals surface area (Å²) in [5, 5.41) is 17.4. The molecule has 1 aromatic heterocycles. The zero-order valence-corrected chi connectivity index (χ0v) is 30.4. The summed E-state index contributed by atoms with van der Waals surface area (Å²) >= 11 is 0. The molecule has 0 spiro atoms. The topological polar surface area (TPSA) is 106 Å². The summed E-state index contributed by atoms with van der Waals surface area (Å²) in [6.45, 7) is 11.9. The smallest absolute Gasteiger partial charge is 0.306 e. The number of nitrogens with zero attached hydrogens (tertiary/aromatic N) is 3. The number of halogens is 2. The van der Waals surface area contributed by atoms with Gasteiger partial charge in [0.15, 0.2) is 23.2 Å². The van der Waals surface area contributed by atoms with Crippen molar-refractivity contribution >= 4 is 28.5 Å². The third-order valence-electron chi connectivity index (χ3n) is 9.70. The summed E-state index contributed by atoms with van der Waals surface area (Å²) in [7, 11) is 2.17. The fraction of sp³-hybridized carbons (Fsp3) is 0.410. The van der Waals surface area contributed by atoms with E-state index in [1.165, 1.54) is 28.9 Å². The van der Waals surface area contributed by atoms with Gasteiger partial charge in [-0.05, 0) is 67.3 Å². The normalized spacial score (nSPS) is 20.0. The van der Waals surface area contributed by atoms with E-state index in [0.717, 1.165) is 24.0 Å². The lowest BCUT2D eigenvalue weighted by Crippen LogP contribution is -2.28. The second-order valence-electron chi connectivity index (χ2n) is 14.2. The molecule has 4 bridgehead atoms. The van der Waals surface area contributed by atoms with Crippen LogP contribution in [-0.2, 0) is 40.9 Å². The number of ether oxygens (including phenoxy) is 1. The van der Waals surface area contributed by atoms with Crippen LogP contribution in [0.25, 0.3) is 17.5 Å². The van der Waals surface area contributed by atoms with Gasteiger partial charge in [-0.3, -0.25) is 9.00 Å². The van der Waals surface area contributed by atoms with Gasteiger partial charge in [-0.1, -0.05) is 64.1 Å². The van der Waals surface area contributed by atoms with Gasteiger partial charge < -0.3 is 15.2 Å². The molecule has 1 aliphatic rings. The zero-order valence-electron chi connectivity index (χ0n) is 29.6. The number of nitrogens with one attached hydrogen (secondary N) is 1. The first-order valence-electron chi connectivity index (χ1n) is 16.9. The number of hydrogen-bond donors (Lipinski definition) is 2. The van der Waals surface area contributed by atoms with Crippen LogP contribution in [0.2, 0.25) is 0 Å². The van der Waals surface area contributed by atoms with Gasteiger partial charge in [-0.2, -0.15) is 5.10 Å². The van der Waals surface area contributed by atoms with Gasteiger partial charge in [0.05, 0.1) is 16.9 Å². The van der Waals surface area contributed by atoms with Crippen LogP contribution in [0.3, 0.4) is 0 Å². The molecule has 11 heteroatoms. The van der Waals surface area contributed by atoms with Crippen LogP contribution in [0.5, 0.6) is 11.5 Å². The Kier molecular flexibility index (Phi) is 11.0. The first kappa shape index (κ1) is 36.9. The average Bonchev–Trinajstić information content (AvgIpc) is 3.46. The molecule has 5 rings (SSSR count). The minimum absolute atomic E-state index is 0.0304. The van der Waals surface area contributed by atoms with Crippen molar-refractivity contribution < 1.29 is 27.6 Å². The van der Waals surface area contributed by atoms with E-state index in [2.05, 4.69) is 32.7 Å². The molecule has 3 unspecified atom stereocenters. The van der Waals surface area contributed by atoms with Gasteiger partial charge >= 0.3 is 5.97 Å². The number of anilines is 1. The number of benzene rings is 3. The van der Waals surface area contributed by atoms with E-state index in [4.69, 9.17) is 14.8 Å². The Balaban J connectivity index is 1.67. The number of rotatable bonds is 6. The Morgan fingerprint density at radius 2 is 1.92 bits per heavy atom. The van der Waals surface area contributed by atoms with Gasteiger partial charge in [-0.15, -0.1) is 0 Å². The number of aliphatic carboxylic acids is 1. The highest BCUT2D eigenvalue weighted by atomic mass is 32.2. The van der Waals surface area contributed by atoms with Crippen molar-refractivity contribution in [3.8, 4) is 22.9 Å². The van der Waals surface area contributed by atoms with Gasteiger partial charge in [-0.25, -0.2) is 18.4 Å². The van der Waals surface area contributed by atoms with Gasteiger partial charge in [0, 0.05) is 59.3 Å². The standard InChI is InChI=1S/C39H46F2N4O4S/c1-8-28-29-15-18-50(48)23-38(3,4)16-10-17-39(5,26-12-9-11-25(20-26)19-24(2)36(46)47)37-43-35(45(7)44-37)30-21-27(13-14-31(30)40)49-34(29)32(41)22-33(28)42-6/h8-9,11-14,20-22,24,42H,1,10,15-19,23H2,2-7H3,(H,46,47). The first-order chi connectivity index (χ1) is 23.7. The SMILES string of the molecule is C=Cc1c(NC)cc(F)c2c1CCS(=O)CC(C)(C)CCCC(C)(c1cccc(CC(C)C(=O)O)c1)c1nc(n(C)n1)-c1cc(ccc1F)O2. The zero-order chi connectivity index (χ0) is 36.4. The van der Waals surface area contributed by atoms with E-state index in [1.54, 1.807) is 27.1 Å². The van der Waals surface area contributed by atoms with Gasteiger partial charge in [0.1, 0.15) is 11.6 Å². The highest BCUT2D eigenvalue weighted by Crippen LogP contribution is 2.41. The van der Waals surface area contributed by atoms with Crippen molar-refractivity contribution in [3.05, 3.63) is 94.8 Å². The van der Waals surface area contributed by atoms with Gasteiger partial charge in [0.25, 0.3) is 0 Å². The van der Waals surface area contributed by atoms with Crippen molar-refractivity contribution in [2.45, 2.75) is 65.2 Å². The summed E-state index contributed by atoms with van der Waals surface area (Å²) in [6.07, 6.45) is 4.42. The Bertz CT molecular complexity index is 1940. The maximum absolute atomic E-state index is 15.8. The molecule has 3 atom stereocenters. The maximum Gasteiger partial charge on any atom is 0.306 e. The van der Waals surface area contributed by atoms with Crippen molar-refractivity contribution in [1.82, 2.24) is 14.8 Å². The molecule has 4 aromatic rings. The molecular weight excluding hydrogens is 659 g/mol. The Hall–Kier alpha value is -4.38. The summed E-state index contributed by atoms with van der Waals surface area (Å²) in [6, 6.07) is 13.4. The summed E-state index contributed by atoms with van der Waals surface area (Å²) in [5.41, 5.74) is 2.64. The fourth-order valence-corrected chi connectivity index (χ4v) is 8.38. The van der Waals surface area contributed by atoms with Crippen LogP contribution in [0.1, 0.15) is 75.0 Å². The van der Waals surface area contributed by atoms with E-state index >= 15 is 8.78 Å². The number of carbonyl (C=O) groups is 1. The molecule has 0 saturated heterocycles. The van der Waals surface area contributed by atoms with Crippen LogP contribution in [0, 0.1) is 23.0 Å². The van der Waals surface area contributed by atoms with Crippen molar-refractivity contribution in [2.24, 2.45) is 18.4 Å². The molecule has 0 aliphatic carbocycles. The monoisotopic (exact) mass is 704 g/mol. The molecule has 2 heterocycles. The highest BCUT2D eigenvalue weighted by Gasteiger charge is 2.36. The van der Waals surface area contributed by atoms with Gasteiger partial charge in [0.2, 0.25) is 0 Å². The van der Waals surface area contributed by atoms with E-state index in [-0.39, 0.29) is 34.7 Å². The van der Waals surface area contributed by atoms with Crippen LogP contribution >= 0.6 is 0 Å². The van der Waals surface area contributed by atoms with Crippen molar-refractivity contribution in [2.75, 3.05) is 23.9 Å². The molecule has 0 radical (unpaired) electrons. The summed E-state index contributed by atoms with van der Waals surface area (Å²) < 4.78 is 52.7. The van der Waals surface area contributed by atoms with Crippen molar-refractivity contribution in [3.63, 3.8) is 0 Å². The molecule has 8 nitrogen and oxygen atoms in total. The predicted molar refractivity (Wildman–Crippen MR) is 195 cm³/mol. The third-order valence-corrected chi connectivity index (χ3v) is 11.5. The van der Waals surface area contributed by atoms with E-state index in [0.29, 0.717) is 47.0 Å². The Labute approximate surface area is 295 Å². The number of aryl methyl sites for hydroxylation is 1. The number of fused-ring (bicyclic) bond motifs is 6. The molecule has 0 fully saturated rings. The quantitative estimate of drug-likeness (QED) is 0.208. The Morgan fingerprint density at radius 1 is 1.16 bits per heavy atom. The molecule has 0 saturated carbocycles. The molecule has 0 amide bonds. The average molecular weight is 705 g/mol. The minimum atomic E-state index is -1.23. The summed E-state index contributed by atoms with van der Waals surface area (Å²) in [4.78, 5) is 16.6. The minimum Gasteiger partial charge on any atom is -0.481 e. The number of carboxylic acids is 1. The lowest BCUT2D eigenvalue weighted by Gasteiger charge is -2.31. The fourth-order valence-electron chi connectivity index (χ4n) is 6.79. The summed E-state index contributed by atoms with van der Waals surface area (Å²) in [5.74, 6) is -0.909. The van der Waals surface area contributed by atoms with Crippen LogP contribution in [-0.4, -0.2) is 48.6 Å². The number of carboxylic acid groups (broad SMARTS) is 1. The molecule has 3 aromatic carbocycles. The largest absolute Gasteiger partial charge is 0.481 e.